The van der Waals surface area contributed by atoms with Gasteiger partial charge in [-0.25, -0.2) is 0 Å². The van der Waals surface area contributed by atoms with E-state index < -0.39 is 8.07 Å². The average Bonchev–Trinajstić information content (AvgIpc) is 3.08. The lowest BCUT2D eigenvalue weighted by Gasteiger charge is -2.41. The number of allylic oxidation sites excluding steroid dienone is 4. The Morgan fingerprint density at radius 1 is 0.568 bits per heavy atom. The molecule has 0 heterocycles. The molecule has 6 aromatic carbocycles. The number of hydrogen-bond acceptors (Lipinski definition) is 1. The van der Waals surface area contributed by atoms with Gasteiger partial charge in [0, 0.05) is 21.2 Å². The zero-order valence-electron chi connectivity index (χ0n) is 24.8. The van der Waals surface area contributed by atoms with Crippen LogP contribution in [0.3, 0.4) is 0 Å². The SMILES string of the molecule is CC1CC(N(c2ccccc2)c2cccc3ccccc23)=CC=C1[Si](c1ccccc1)(c1ccccc1)c1ccc(Br)cc1. The van der Waals surface area contributed by atoms with Gasteiger partial charge in [-0.05, 0) is 69.7 Å². The molecule has 0 saturated carbocycles. The number of para-hydroxylation sites is 1. The molecule has 0 N–H and O–H groups in total. The molecule has 0 radical (unpaired) electrons. The first kappa shape index (κ1) is 28.3. The molecule has 0 fully saturated rings. The molecule has 3 heteroatoms. The fourth-order valence-corrected chi connectivity index (χ4v) is 12.5. The Hall–Kier alpha value is -4.44. The Kier molecular flexibility index (Phi) is 7.91. The molecule has 0 aliphatic heterocycles. The summed E-state index contributed by atoms with van der Waals surface area (Å²) in [5, 5.41) is 8.28. The van der Waals surface area contributed by atoms with Gasteiger partial charge in [0.1, 0.15) is 0 Å². The van der Waals surface area contributed by atoms with Gasteiger partial charge in [0.2, 0.25) is 0 Å². The summed E-state index contributed by atoms with van der Waals surface area (Å²) < 4.78 is 1.10. The highest BCUT2D eigenvalue weighted by atomic mass is 79.9. The van der Waals surface area contributed by atoms with Gasteiger partial charge in [-0.3, -0.25) is 0 Å². The quantitative estimate of drug-likeness (QED) is 0.123. The molecule has 0 spiro atoms. The molecule has 1 nitrogen and oxygen atoms in total. The maximum Gasteiger partial charge on any atom is 0.175 e. The van der Waals surface area contributed by atoms with Crippen molar-refractivity contribution in [2.24, 2.45) is 5.92 Å². The van der Waals surface area contributed by atoms with Gasteiger partial charge in [-0.2, -0.15) is 0 Å². The average molecular weight is 649 g/mol. The fourth-order valence-electron chi connectivity index (χ4n) is 7.02. The minimum Gasteiger partial charge on any atom is -0.314 e. The summed E-state index contributed by atoms with van der Waals surface area (Å²) in [6, 6.07) is 57.7. The van der Waals surface area contributed by atoms with E-state index in [1.165, 1.54) is 48.6 Å². The molecule has 1 atom stereocenters. The fraction of sp³-hybridized carbons (Fsp3) is 0.0732. The van der Waals surface area contributed by atoms with E-state index in [0.717, 1.165) is 10.9 Å². The van der Waals surface area contributed by atoms with Gasteiger partial charge >= 0.3 is 0 Å². The van der Waals surface area contributed by atoms with E-state index in [4.69, 9.17) is 0 Å². The molecular weight excluding hydrogens is 614 g/mol. The van der Waals surface area contributed by atoms with Gasteiger partial charge in [0.15, 0.2) is 8.07 Å². The maximum absolute atomic E-state index is 3.70. The molecular formula is C41H34BrNSi. The van der Waals surface area contributed by atoms with E-state index in [-0.39, 0.29) is 0 Å². The van der Waals surface area contributed by atoms with Gasteiger partial charge in [-0.1, -0.05) is 162 Å². The number of halogens is 1. The molecule has 1 aliphatic rings. The Labute approximate surface area is 270 Å². The third kappa shape index (κ3) is 5.06. The van der Waals surface area contributed by atoms with Crippen molar-refractivity contribution in [2.75, 3.05) is 4.90 Å². The summed E-state index contributed by atoms with van der Waals surface area (Å²) in [4.78, 5) is 2.47. The largest absolute Gasteiger partial charge is 0.314 e. The van der Waals surface area contributed by atoms with Crippen LogP contribution in [-0.4, -0.2) is 8.07 Å². The van der Waals surface area contributed by atoms with E-state index >= 15 is 0 Å². The predicted octanol–water partition coefficient (Wildman–Crippen LogP) is 9.30. The van der Waals surface area contributed by atoms with Crippen molar-refractivity contribution in [3.05, 3.63) is 185 Å². The third-order valence-corrected chi connectivity index (χ3v) is 14.6. The van der Waals surface area contributed by atoms with Crippen LogP contribution in [0.15, 0.2) is 185 Å². The smallest absolute Gasteiger partial charge is 0.175 e. The van der Waals surface area contributed by atoms with Crippen LogP contribution in [0.25, 0.3) is 10.8 Å². The van der Waals surface area contributed by atoms with Crippen molar-refractivity contribution in [1.82, 2.24) is 0 Å². The Balaban J connectivity index is 1.47. The lowest BCUT2D eigenvalue weighted by molar-refractivity contribution is 0.679. The summed E-state index contributed by atoms with van der Waals surface area (Å²) in [7, 11) is -2.60. The van der Waals surface area contributed by atoms with E-state index in [1.54, 1.807) is 0 Å². The zero-order valence-corrected chi connectivity index (χ0v) is 27.4. The highest BCUT2D eigenvalue weighted by molar-refractivity contribution is 9.10. The Morgan fingerprint density at radius 3 is 1.75 bits per heavy atom. The van der Waals surface area contributed by atoms with E-state index in [0.29, 0.717) is 5.92 Å². The first-order valence-corrected chi connectivity index (χ1v) is 18.1. The van der Waals surface area contributed by atoms with Crippen molar-refractivity contribution in [3.63, 3.8) is 0 Å². The van der Waals surface area contributed by atoms with Gasteiger partial charge in [-0.15, -0.1) is 0 Å². The van der Waals surface area contributed by atoms with Crippen LogP contribution in [0.5, 0.6) is 0 Å². The molecule has 0 aromatic heterocycles. The first-order valence-electron chi connectivity index (χ1n) is 15.3. The van der Waals surface area contributed by atoms with Crippen LogP contribution in [-0.2, 0) is 0 Å². The standard InChI is InChI=1S/C41H34BrNSi/c1-31-30-35(43(34-16-5-2-6-17-34)40-23-13-15-32-14-11-12-22-39(32)40)26-29-41(31)44(36-18-7-3-8-19-36,37-20-9-4-10-21-37)38-27-24-33(42)25-28-38/h2-29,31H,30H2,1H3. The number of nitrogens with zero attached hydrogens (tertiary/aromatic N) is 1. The third-order valence-electron chi connectivity index (χ3n) is 8.93. The Morgan fingerprint density at radius 2 is 1.11 bits per heavy atom. The zero-order chi connectivity index (χ0) is 29.9. The normalized spacial score (nSPS) is 15.0. The van der Waals surface area contributed by atoms with Crippen LogP contribution in [0.2, 0.25) is 0 Å². The molecule has 7 rings (SSSR count). The Bertz CT molecular complexity index is 1900. The second kappa shape index (κ2) is 12.3. The van der Waals surface area contributed by atoms with Crippen molar-refractivity contribution in [1.29, 1.82) is 0 Å². The van der Waals surface area contributed by atoms with Crippen LogP contribution in [0.1, 0.15) is 13.3 Å². The highest BCUT2D eigenvalue weighted by Gasteiger charge is 2.45. The lowest BCUT2D eigenvalue weighted by atomic mass is 9.97. The van der Waals surface area contributed by atoms with Gasteiger partial charge < -0.3 is 4.90 Å². The molecule has 6 aromatic rings. The molecule has 214 valence electrons. The lowest BCUT2D eigenvalue weighted by Crippen LogP contribution is -2.69. The maximum atomic E-state index is 3.70. The highest BCUT2D eigenvalue weighted by Crippen LogP contribution is 2.41. The second-order valence-corrected chi connectivity index (χ2v) is 16.3. The van der Waals surface area contributed by atoms with E-state index in [2.05, 4.69) is 198 Å². The van der Waals surface area contributed by atoms with Crippen LogP contribution < -0.4 is 20.5 Å². The molecule has 0 saturated heterocycles. The molecule has 1 unspecified atom stereocenters. The summed E-state index contributed by atoms with van der Waals surface area (Å²) >= 11 is 3.70. The minimum absolute atomic E-state index is 0.326. The summed E-state index contributed by atoms with van der Waals surface area (Å²) in [6.45, 7) is 2.43. The monoisotopic (exact) mass is 647 g/mol. The van der Waals surface area contributed by atoms with Crippen molar-refractivity contribution in [2.45, 2.75) is 13.3 Å². The second-order valence-electron chi connectivity index (χ2n) is 11.5. The molecule has 1 aliphatic carbocycles. The van der Waals surface area contributed by atoms with Crippen molar-refractivity contribution >= 4 is 61.7 Å². The predicted molar refractivity (Wildman–Crippen MR) is 194 cm³/mol. The summed E-state index contributed by atoms with van der Waals surface area (Å²) in [5.74, 6) is 0.326. The number of rotatable bonds is 7. The minimum atomic E-state index is -2.60. The van der Waals surface area contributed by atoms with E-state index in [1.807, 2.05) is 0 Å². The molecule has 0 bridgehead atoms. The van der Waals surface area contributed by atoms with Crippen molar-refractivity contribution in [3.8, 4) is 0 Å². The van der Waals surface area contributed by atoms with Crippen molar-refractivity contribution < 1.29 is 0 Å². The number of fused-ring (bicyclic) bond motifs is 1. The molecule has 0 amide bonds. The summed E-state index contributed by atoms with van der Waals surface area (Å²) in [6.07, 6.45) is 5.81. The van der Waals surface area contributed by atoms with E-state index in [9.17, 15) is 0 Å². The first-order chi connectivity index (χ1) is 21.7. The van der Waals surface area contributed by atoms with Crippen LogP contribution in [0, 0.1) is 5.92 Å². The van der Waals surface area contributed by atoms with Gasteiger partial charge in [0.25, 0.3) is 0 Å². The topological polar surface area (TPSA) is 3.24 Å². The number of benzene rings is 6. The van der Waals surface area contributed by atoms with Gasteiger partial charge in [0.05, 0.1) is 5.69 Å². The van der Waals surface area contributed by atoms with Crippen LogP contribution >= 0.6 is 15.9 Å². The molecule has 44 heavy (non-hydrogen) atoms. The number of hydrogen-bond donors (Lipinski definition) is 0. The summed E-state index contributed by atoms with van der Waals surface area (Å²) in [5.41, 5.74) is 3.71. The number of anilines is 2. The van der Waals surface area contributed by atoms with Crippen LogP contribution in [0.4, 0.5) is 11.4 Å².